The number of hydrogen-bond donors (Lipinski definition) is 2. The van der Waals surface area contributed by atoms with Crippen LogP contribution in [-0.2, 0) is 9.53 Å². The van der Waals surface area contributed by atoms with E-state index in [2.05, 4.69) is 5.32 Å². The van der Waals surface area contributed by atoms with Gasteiger partial charge >= 0.3 is 0 Å². The van der Waals surface area contributed by atoms with E-state index in [0.717, 1.165) is 0 Å². The van der Waals surface area contributed by atoms with Crippen molar-refractivity contribution in [2.45, 2.75) is 18.9 Å². The normalized spacial score (nSPS) is 14.3. The molecule has 1 amide bonds. The molecule has 0 radical (unpaired) electrons. The summed E-state index contributed by atoms with van der Waals surface area (Å²) in [5, 5.41) is 12.0. The van der Waals surface area contributed by atoms with Crippen molar-refractivity contribution in [2.24, 2.45) is 0 Å². The smallest absolute Gasteiger partial charge is 0.295 e. The zero-order valence-corrected chi connectivity index (χ0v) is 7.96. The summed E-state index contributed by atoms with van der Waals surface area (Å²) in [6.45, 7) is 2.20. The molecule has 0 saturated carbocycles. The lowest BCUT2D eigenvalue weighted by Gasteiger charge is -2.22. The maximum Gasteiger partial charge on any atom is 0.295 e. The van der Waals surface area contributed by atoms with Gasteiger partial charge in [0.1, 0.15) is 0 Å². The maximum atomic E-state index is 10.6. The Balaban J connectivity index is 3.76. The van der Waals surface area contributed by atoms with Crippen LogP contribution in [0.2, 0.25) is 0 Å². The molecule has 4 heteroatoms. The minimum absolute atomic E-state index is 0.138. The minimum Gasteiger partial charge on any atom is -0.388 e. The first-order valence-corrected chi connectivity index (χ1v) is 3.97. The van der Waals surface area contributed by atoms with E-state index in [0.29, 0.717) is 13.0 Å². The largest absolute Gasteiger partial charge is 0.388 e. The summed E-state index contributed by atoms with van der Waals surface area (Å²) >= 11 is 0. The number of carbonyl (C=O) groups is 1. The van der Waals surface area contributed by atoms with Crippen LogP contribution in [0.25, 0.3) is 0 Å². The fourth-order valence-corrected chi connectivity index (χ4v) is 0.732. The van der Waals surface area contributed by atoms with Crippen LogP contribution in [0.1, 0.15) is 13.3 Å². The first kappa shape index (κ1) is 11.9. The van der Waals surface area contributed by atoms with Crippen LogP contribution in [0, 0.1) is 12.3 Å². The van der Waals surface area contributed by atoms with Crippen LogP contribution < -0.4 is 5.32 Å². The topological polar surface area (TPSA) is 58.6 Å². The van der Waals surface area contributed by atoms with E-state index in [1.54, 1.807) is 14.0 Å². The number of hydrogen-bond acceptors (Lipinski definition) is 3. The van der Waals surface area contributed by atoms with Crippen LogP contribution in [0.5, 0.6) is 0 Å². The van der Waals surface area contributed by atoms with Crippen molar-refractivity contribution in [3.05, 3.63) is 0 Å². The van der Waals surface area contributed by atoms with E-state index in [1.165, 1.54) is 0 Å². The predicted octanol–water partition coefficient (Wildman–Crippen LogP) is -0.477. The van der Waals surface area contributed by atoms with Crippen molar-refractivity contribution in [3.63, 3.8) is 0 Å². The van der Waals surface area contributed by atoms with Crippen molar-refractivity contribution < 1.29 is 14.6 Å². The van der Waals surface area contributed by atoms with Crippen LogP contribution in [0.3, 0.4) is 0 Å². The second-order valence-electron chi connectivity index (χ2n) is 3.07. The molecular weight excluding hydrogens is 170 g/mol. The molecule has 0 aromatic heterocycles. The Kier molecular flexibility index (Phi) is 5.12. The third-order valence-corrected chi connectivity index (χ3v) is 1.61. The third-order valence-electron chi connectivity index (χ3n) is 1.61. The van der Waals surface area contributed by atoms with Crippen LogP contribution in [-0.4, -0.2) is 36.9 Å². The monoisotopic (exact) mass is 185 g/mol. The highest BCUT2D eigenvalue weighted by Crippen LogP contribution is 2.06. The summed E-state index contributed by atoms with van der Waals surface area (Å²) in [7, 11) is 1.55. The van der Waals surface area contributed by atoms with Gasteiger partial charge in [-0.15, -0.1) is 6.42 Å². The molecule has 0 spiro atoms. The van der Waals surface area contributed by atoms with Crippen LogP contribution >= 0.6 is 0 Å². The second kappa shape index (κ2) is 5.57. The minimum atomic E-state index is -0.970. The van der Waals surface area contributed by atoms with Gasteiger partial charge in [0.25, 0.3) is 5.91 Å². The Labute approximate surface area is 78.3 Å². The number of ether oxygens (including phenoxy) is 1. The lowest BCUT2D eigenvalue weighted by atomic mass is 10.0. The summed E-state index contributed by atoms with van der Waals surface area (Å²) in [5.41, 5.74) is -0.970. The number of carbonyl (C=O) groups excluding carboxylic acids is 1. The fourth-order valence-electron chi connectivity index (χ4n) is 0.732. The average Bonchev–Trinajstić information content (AvgIpc) is 2.11. The Morgan fingerprint density at radius 1 is 1.77 bits per heavy atom. The van der Waals surface area contributed by atoms with Crippen molar-refractivity contribution in [1.29, 1.82) is 0 Å². The van der Waals surface area contributed by atoms with E-state index in [1.807, 2.05) is 5.92 Å². The second-order valence-corrected chi connectivity index (χ2v) is 3.07. The number of methoxy groups -OCH3 is 1. The molecule has 0 saturated heterocycles. The van der Waals surface area contributed by atoms with E-state index in [-0.39, 0.29) is 6.54 Å². The number of nitrogens with one attached hydrogen (secondary N) is 1. The Bertz CT molecular complexity index is 205. The molecule has 13 heavy (non-hydrogen) atoms. The van der Waals surface area contributed by atoms with Gasteiger partial charge in [0.05, 0.1) is 5.60 Å². The first-order valence-electron chi connectivity index (χ1n) is 3.97. The van der Waals surface area contributed by atoms with Crippen molar-refractivity contribution in [2.75, 3.05) is 20.3 Å². The summed E-state index contributed by atoms with van der Waals surface area (Å²) < 4.78 is 4.80. The number of terminal acetylenes is 1. The third kappa shape index (κ3) is 6.14. The molecule has 0 heterocycles. The molecule has 0 aromatic rings. The molecule has 0 aliphatic heterocycles. The highest BCUT2D eigenvalue weighted by atomic mass is 16.5. The Morgan fingerprint density at radius 3 is 2.85 bits per heavy atom. The number of rotatable bonds is 5. The molecule has 0 bridgehead atoms. The van der Waals surface area contributed by atoms with Gasteiger partial charge in [-0.05, 0) is 12.8 Å². The van der Waals surface area contributed by atoms with Gasteiger partial charge in [0.15, 0.2) is 0 Å². The first-order chi connectivity index (χ1) is 6.02. The van der Waals surface area contributed by atoms with E-state index in [4.69, 9.17) is 11.2 Å². The highest BCUT2D eigenvalue weighted by molar-refractivity contribution is 5.92. The summed E-state index contributed by atoms with van der Waals surface area (Å²) in [4.78, 5) is 10.6. The lowest BCUT2D eigenvalue weighted by Crippen LogP contribution is -2.40. The zero-order valence-electron chi connectivity index (χ0n) is 7.96. The van der Waals surface area contributed by atoms with Gasteiger partial charge in [0.2, 0.25) is 0 Å². The van der Waals surface area contributed by atoms with Crippen molar-refractivity contribution in [3.8, 4) is 12.3 Å². The molecule has 74 valence electrons. The molecule has 0 aromatic carbocycles. The highest BCUT2D eigenvalue weighted by Gasteiger charge is 2.20. The average molecular weight is 185 g/mol. The molecule has 2 N–H and O–H groups in total. The molecule has 1 atom stereocenters. The standard InChI is InChI=1S/C9H15NO3/c1-4-8(11)10-7-9(2,12)5-6-13-3/h1,12H,5-7H2,2-3H3,(H,10,11). The molecule has 0 aliphatic carbocycles. The van der Waals surface area contributed by atoms with Gasteiger partial charge in [-0.1, -0.05) is 0 Å². The zero-order chi connectivity index (χ0) is 10.3. The van der Waals surface area contributed by atoms with Crippen molar-refractivity contribution in [1.82, 2.24) is 5.32 Å². The SMILES string of the molecule is C#CC(=O)NCC(C)(O)CCOC. The number of amides is 1. The maximum absolute atomic E-state index is 10.6. The summed E-state index contributed by atoms with van der Waals surface area (Å²) in [6.07, 6.45) is 5.29. The van der Waals surface area contributed by atoms with Crippen LogP contribution in [0.15, 0.2) is 0 Å². The van der Waals surface area contributed by atoms with Crippen LogP contribution in [0.4, 0.5) is 0 Å². The van der Waals surface area contributed by atoms with Gasteiger partial charge in [-0.2, -0.15) is 0 Å². The lowest BCUT2D eigenvalue weighted by molar-refractivity contribution is -0.116. The molecule has 1 unspecified atom stereocenters. The quantitative estimate of drug-likeness (QED) is 0.569. The molecule has 4 nitrogen and oxygen atoms in total. The molecular formula is C9H15NO3. The van der Waals surface area contributed by atoms with Gasteiger partial charge in [0, 0.05) is 26.7 Å². The summed E-state index contributed by atoms with van der Waals surface area (Å²) in [5.74, 6) is 1.39. The Hall–Kier alpha value is -1.05. The Morgan fingerprint density at radius 2 is 2.38 bits per heavy atom. The van der Waals surface area contributed by atoms with Gasteiger partial charge in [-0.3, -0.25) is 4.79 Å². The molecule has 0 rings (SSSR count). The fraction of sp³-hybridized carbons (Fsp3) is 0.667. The van der Waals surface area contributed by atoms with E-state index in [9.17, 15) is 9.90 Å². The van der Waals surface area contributed by atoms with Crippen molar-refractivity contribution >= 4 is 5.91 Å². The number of aliphatic hydroxyl groups is 1. The van der Waals surface area contributed by atoms with E-state index >= 15 is 0 Å². The summed E-state index contributed by atoms with van der Waals surface area (Å²) in [6, 6.07) is 0. The van der Waals surface area contributed by atoms with Gasteiger partial charge < -0.3 is 15.2 Å². The predicted molar refractivity (Wildman–Crippen MR) is 49.0 cm³/mol. The molecule has 0 fully saturated rings. The van der Waals surface area contributed by atoms with Gasteiger partial charge in [-0.25, -0.2) is 0 Å². The van der Waals surface area contributed by atoms with E-state index < -0.39 is 11.5 Å². The molecule has 0 aliphatic rings.